The summed E-state index contributed by atoms with van der Waals surface area (Å²) in [7, 11) is 0. The van der Waals surface area contributed by atoms with Gasteiger partial charge in [-0.1, -0.05) is 19.8 Å². The van der Waals surface area contributed by atoms with Crippen molar-refractivity contribution in [2.24, 2.45) is 23.7 Å². The number of unbranched alkanes of at least 4 members (excludes halogenated alkanes) is 1. The van der Waals surface area contributed by atoms with E-state index in [1.54, 1.807) is 19.3 Å². The van der Waals surface area contributed by atoms with Crippen LogP contribution in [0.1, 0.15) is 58.3 Å². The second kappa shape index (κ2) is 3.54. The molecule has 0 aromatic carbocycles. The number of hydrogen-bond acceptors (Lipinski definition) is 0. The van der Waals surface area contributed by atoms with E-state index in [0.717, 1.165) is 23.7 Å². The van der Waals surface area contributed by atoms with Gasteiger partial charge >= 0.3 is 0 Å². The van der Waals surface area contributed by atoms with Crippen molar-refractivity contribution in [3.63, 3.8) is 0 Å². The Hall–Kier alpha value is 0. The van der Waals surface area contributed by atoms with Crippen LogP contribution in [-0.2, 0) is 0 Å². The van der Waals surface area contributed by atoms with Crippen molar-refractivity contribution in [2.75, 3.05) is 0 Å². The average Bonchev–Trinajstić information content (AvgIpc) is 2.15. The van der Waals surface area contributed by atoms with Crippen LogP contribution in [0.2, 0.25) is 0 Å². The van der Waals surface area contributed by atoms with Crippen LogP contribution < -0.4 is 0 Å². The summed E-state index contributed by atoms with van der Waals surface area (Å²) in [5, 5.41) is 0. The first-order chi connectivity index (χ1) is 6.86. The van der Waals surface area contributed by atoms with Gasteiger partial charge in [-0.05, 0) is 68.1 Å². The van der Waals surface area contributed by atoms with Crippen molar-refractivity contribution < 1.29 is 0 Å². The standard InChI is InChI=1S/C14H23/c1-2-3-4-14-12-6-10-5-11(8-12)9-13(14)7-10/h10-12,14H,2-9H2,1H3. The quantitative estimate of drug-likeness (QED) is 0.627. The van der Waals surface area contributed by atoms with E-state index in [1.165, 1.54) is 32.1 Å². The van der Waals surface area contributed by atoms with Crippen LogP contribution >= 0.6 is 0 Å². The summed E-state index contributed by atoms with van der Waals surface area (Å²) in [5.41, 5.74) is 0. The van der Waals surface area contributed by atoms with Gasteiger partial charge in [0.05, 0.1) is 0 Å². The zero-order chi connectivity index (χ0) is 9.54. The summed E-state index contributed by atoms with van der Waals surface area (Å²) in [6, 6.07) is 0. The van der Waals surface area contributed by atoms with Gasteiger partial charge in [-0.3, -0.25) is 0 Å². The summed E-state index contributed by atoms with van der Waals surface area (Å²) >= 11 is 0. The zero-order valence-corrected chi connectivity index (χ0v) is 9.47. The van der Waals surface area contributed by atoms with E-state index in [2.05, 4.69) is 6.92 Å². The molecule has 3 unspecified atom stereocenters. The van der Waals surface area contributed by atoms with Gasteiger partial charge in [-0.15, -0.1) is 0 Å². The van der Waals surface area contributed by atoms with E-state index in [9.17, 15) is 0 Å². The minimum Gasteiger partial charge on any atom is -0.0654 e. The van der Waals surface area contributed by atoms with Gasteiger partial charge in [0.1, 0.15) is 0 Å². The van der Waals surface area contributed by atoms with Gasteiger partial charge in [0.2, 0.25) is 0 Å². The molecule has 0 aliphatic heterocycles. The fourth-order valence-electron chi connectivity index (χ4n) is 4.60. The molecule has 3 atom stereocenters. The van der Waals surface area contributed by atoms with Crippen molar-refractivity contribution >= 4 is 0 Å². The lowest BCUT2D eigenvalue weighted by molar-refractivity contribution is 0.0380. The molecule has 0 spiro atoms. The van der Waals surface area contributed by atoms with Gasteiger partial charge in [0.25, 0.3) is 0 Å². The Morgan fingerprint density at radius 2 is 1.79 bits per heavy atom. The highest BCUT2D eigenvalue weighted by Crippen LogP contribution is 2.58. The van der Waals surface area contributed by atoms with Crippen LogP contribution in [0.25, 0.3) is 0 Å². The fourth-order valence-corrected chi connectivity index (χ4v) is 4.60. The third kappa shape index (κ3) is 1.42. The minimum absolute atomic E-state index is 1.07. The maximum absolute atomic E-state index is 2.33. The largest absolute Gasteiger partial charge is 0.0654 e. The molecule has 0 N–H and O–H groups in total. The van der Waals surface area contributed by atoms with Crippen LogP contribution in [0.5, 0.6) is 0 Å². The molecule has 4 bridgehead atoms. The average molecular weight is 191 g/mol. The van der Waals surface area contributed by atoms with Crippen molar-refractivity contribution in [2.45, 2.75) is 58.3 Å². The van der Waals surface area contributed by atoms with Gasteiger partial charge in [0, 0.05) is 0 Å². The van der Waals surface area contributed by atoms with Crippen molar-refractivity contribution in [1.29, 1.82) is 0 Å². The first-order valence-corrected chi connectivity index (χ1v) is 6.71. The highest BCUT2D eigenvalue weighted by molar-refractivity contribution is 5.13. The lowest BCUT2D eigenvalue weighted by Gasteiger charge is -2.54. The Bertz CT molecular complexity index is 178. The van der Waals surface area contributed by atoms with E-state index in [-0.39, 0.29) is 0 Å². The second-order valence-electron chi connectivity index (χ2n) is 6.01. The van der Waals surface area contributed by atoms with Crippen LogP contribution in [0.15, 0.2) is 0 Å². The van der Waals surface area contributed by atoms with Gasteiger partial charge in [-0.2, -0.15) is 0 Å². The Labute approximate surface area is 88.5 Å². The molecule has 0 aromatic rings. The maximum atomic E-state index is 2.33. The third-order valence-corrected chi connectivity index (χ3v) is 5.00. The second-order valence-corrected chi connectivity index (χ2v) is 6.01. The molecule has 0 nitrogen and oxygen atoms in total. The lowest BCUT2D eigenvalue weighted by atomic mass is 9.51. The molecule has 4 fully saturated rings. The summed E-state index contributed by atoms with van der Waals surface area (Å²) in [5.74, 6) is 6.45. The molecule has 4 saturated carbocycles. The Morgan fingerprint density at radius 3 is 2.36 bits per heavy atom. The molecular weight excluding hydrogens is 168 g/mol. The van der Waals surface area contributed by atoms with Crippen LogP contribution in [-0.4, -0.2) is 0 Å². The molecule has 79 valence electrons. The lowest BCUT2D eigenvalue weighted by Crippen LogP contribution is -2.43. The summed E-state index contributed by atoms with van der Waals surface area (Å²) in [4.78, 5) is 0. The fraction of sp³-hybridized carbons (Fsp3) is 0.929. The molecule has 0 aromatic heterocycles. The van der Waals surface area contributed by atoms with Gasteiger partial charge < -0.3 is 0 Å². The maximum Gasteiger partial charge on any atom is -0.0202 e. The SMILES string of the molecule is CCCCC1[C]2CC3CC(C2)CC1C3. The molecule has 0 heteroatoms. The highest BCUT2D eigenvalue weighted by Gasteiger charge is 2.47. The van der Waals surface area contributed by atoms with E-state index in [1.807, 2.05) is 5.92 Å². The first-order valence-electron chi connectivity index (χ1n) is 6.71. The highest BCUT2D eigenvalue weighted by atomic mass is 14.5. The minimum atomic E-state index is 1.07. The Kier molecular flexibility index (Phi) is 2.34. The number of hydrogen-bond donors (Lipinski definition) is 0. The monoisotopic (exact) mass is 191 g/mol. The van der Waals surface area contributed by atoms with E-state index in [4.69, 9.17) is 0 Å². The Morgan fingerprint density at radius 1 is 1.07 bits per heavy atom. The third-order valence-electron chi connectivity index (χ3n) is 5.00. The summed E-state index contributed by atoms with van der Waals surface area (Å²) in [6.07, 6.45) is 12.2. The zero-order valence-electron chi connectivity index (χ0n) is 9.47. The normalized spacial score (nSPS) is 46.1. The van der Waals surface area contributed by atoms with Crippen LogP contribution in [0, 0.1) is 29.6 Å². The smallest absolute Gasteiger partial charge is 0.0202 e. The van der Waals surface area contributed by atoms with Crippen LogP contribution in [0.4, 0.5) is 0 Å². The van der Waals surface area contributed by atoms with Crippen molar-refractivity contribution in [3.05, 3.63) is 5.92 Å². The molecule has 0 heterocycles. The van der Waals surface area contributed by atoms with Crippen molar-refractivity contribution in [1.82, 2.24) is 0 Å². The van der Waals surface area contributed by atoms with E-state index >= 15 is 0 Å². The van der Waals surface area contributed by atoms with Gasteiger partial charge in [-0.25, -0.2) is 0 Å². The Balaban J connectivity index is 1.69. The molecule has 1 radical (unpaired) electrons. The number of rotatable bonds is 3. The predicted molar refractivity (Wildman–Crippen MR) is 59.8 cm³/mol. The van der Waals surface area contributed by atoms with Crippen LogP contribution in [0.3, 0.4) is 0 Å². The molecular formula is C14H23. The molecule has 0 saturated heterocycles. The predicted octanol–water partition coefficient (Wildman–Crippen LogP) is 4.21. The van der Waals surface area contributed by atoms with E-state index in [0.29, 0.717) is 0 Å². The van der Waals surface area contributed by atoms with Gasteiger partial charge in [0.15, 0.2) is 0 Å². The van der Waals surface area contributed by atoms with E-state index < -0.39 is 0 Å². The first kappa shape index (κ1) is 9.24. The molecule has 4 aliphatic carbocycles. The molecule has 4 rings (SSSR count). The van der Waals surface area contributed by atoms with Crippen molar-refractivity contribution in [3.8, 4) is 0 Å². The molecule has 14 heavy (non-hydrogen) atoms. The molecule has 0 amide bonds. The topological polar surface area (TPSA) is 0 Å². The summed E-state index contributed by atoms with van der Waals surface area (Å²) in [6.45, 7) is 2.33. The molecule has 4 aliphatic rings. The summed E-state index contributed by atoms with van der Waals surface area (Å²) < 4.78 is 0.